The number of aryl methyl sites for hydroxylation is 1. The Morgan fingerprint density at radius 2 is 2.12 bits per heavy atom. The minimum Gasteiger partial charge on any atom is -0.478 e. The standard InChI is InChI=1S/C22H20ClF3N4O2/c1-2-32-20-11-16(6-7-27-20)30-12-17-18(4-3-5-19(17)29-30)28-21(31)13-8-14(22(24,25)26)10-15(23)9-13/h6-12,18H,2-5H2,1H3,(H,28,31)/t18-/m0/s1. The number of carbonyl (C=O) groups is 1. The van der Waals surface area contributed by atoms with Gasteiger partial charge in [-0.3, -0.25) is 4.79 Å². The highest BCUT2D eigenvalue weighted by Gasteiger charge is 2.32. The van der Waals surface area contributed by atoms with Crippen molar-refractivity contribution in [3.63, 3.8) is 0 Å². The number of aromatic nitrogens is 3. The van der Waals surface area contributed by atoms with Crippen LogP contribution in [0.1, 0.15) is 53.0 Å². The second-order valence-electron chi connectivity index (χ2n) is 7.41. The molecule has 0 spiro atoms. The number of fused-ring (bicyclic) bond motifs is 1. The van der Waals surface area contributed by atoms with Gasteiger partial charge in [-0.1, -0.05) is 11.6 Å². The number of amides is 1. The van der Waals surface area contributed by atoms with Crippen LogP contribution in [0.3, 0.4) is 0 Å². The van der Waals surface area contributed by atoms with E-state index in [0.717, 1.165) is 41.9 Å². The van der Waals surface area contributed by atoms with Gasteiger partial charge >= 0.3 is 6.18 Å². The predicted molar refractivity (Wildman–Crippen MR) is 112 cm³/mol. The molecule has 0 fully saturated rings. The van der Waals surface area contributed by atoms with Crippen LogP contribution in [-0.2, 0) is 12.6 Å². The second-order valence-corrected chi connectivity index (χ2v) is 7.84. The zero-order valence-electron chi connectivity index (χ0n) is 17.1. The molecule has 0 saturated carbocycles. The van der Waals surface area contributed by atoms with Crippen LogP contribution in [0.2, 0.25) is 5.02 Å². The van der Waals surface area contributed by atoms with E-state index < -0.39 is 17.6 Å². The SMILES string of the molecule is CCOc1cc(-n2cc3c(n2)CCC[C@@H]3NC(=O)c2cc(Cl)cc(C(F)(F)F)c2)ccn1. The Labute approximate surface area is 187 Å². The number of benzene rings is 1. The molecule has 1 aromatic carbocycles. The van der Waals surface area contributed by atoms with E-state index in [1.807, 2.05) is 13.1 Å². The van der Waals surface area contributed by atoms with Gasteiger partial charge in [-0.05, 0) is 50.5 Å². The number of nitrogens with one attached hydrogen (secondary N) is 1. The molecule has 1 N–H and O–H groups in total. The molecule has 4 rings (SSSR count). The Morgan fingerprint density at radius 1 is 1.31 bits per heavy atom. The van der Waals surface area contributed by atoms with Crippen molar-refractivity contribution in [2.75, 3.05) is 6.61 Å². The van der Waals surface area contributed by atoms with E-state index in [0.29, 0.717) is 18.9 Å². The maximum atomic E-state index is 13.1. The molecule has 32 heavy (non-hydrogen) atoms. The zero-order valence-corrected chi connectivity index (χ0v) is 17.9. The molecule has 0 radical (unpaired) electrons. The first kappa shape index (κ1) is 22.1. The monoisotopic (exact) mass is 464 g/mol. The summed E-state index contributed by atoms with van der Waals surface area (Å²) in [7, 11) is 0. The van der Waals surface area contributed by atoms with Gasteiger partial charge in [0.15, 0.2) is 0 Å². The number of carbonyl (C=O) groups excluding carboxylic acids is 1. The Balaban J connectivity index is 1.59. The summed E-state index contributed by atoms with van der Waals surface area (Å²) in [6, 6.07) is 6.01. The molecular formula is C22H20ClF3N4O2. The third-order valence-electron chi connectivity index (χ3n) is 5.17. The van der Waals surface area contributed by atoms with Gasteiger partial charge in [0.25, 0.3) is 5.91 Å². The van der Waals surface area contributed by atoms with Crippen molar-refractivity contribution in [1.29, 1.82) is 0 Å². The Bertz CT molecular complexity index is 1150. The summed E-state index contributed by atoms with van der Waals surface area (Å²) < 4.78 is 46.4. The summed E-state index contributed by atoms with van der Waals surface area (Å²) in [4.78, 5) is 16.9. The number of rotatable bonds is 5. The molecule has 2 heterocycles. The molecule has 1 aliphatic rings. The van der Waals surface area contributed by atoms with Crippen molar-refractivity contribution in [3.05, 3.63) is 70.1 Å². The third kappa shape index (κ3) is 4.72. The van der Waals surface area contributed by atoms with Crippen LogP contribution in [0.15, 0.2) is 42.7 Å². The first-order valence-electron chi connectivity index (χ1n) is 10.1. The van der Waals surface area contributed by atoms with E-state index in [4.69, 9.17) is 16.3 Å². The van der Waals surface area contributed by atoms with Gasteiger partial charge in [-0.2, -0.15) is 18.3 Å². The number of pyridine rings is 1. The van der Waals surface area contributed by atoms with Crippen LogP contribution < -0.4 is 10.1 Å². The van der Waals surface area contributed by atoms with Crippen molar-refractivity contribution in [2.45, 2.75) is 38.4 Å². The van der Waals surface area contributed by atoms with Crippen LogP contribution in [0, 0.1) is 0 Å². The lowest BCUT2D eigenvalue weighted by Crippen LogP contribution is -2.30. The van der Waals surface area contributed by atoms with Crippen molar-refractivity contribution < 1.29 is 22.7 Å². The largest absolute Gasteiger partial charge is 0.478 e. The van der Waals surface area contributed by atoms with E-state index in [1.54, 1.807) is 23.0 Å². The number of nitrogens with zero attached hydrogens (tertiary/aromatic N) is 3. The lowest BCUT2D eigenvalue weighted by atomic mass is 9.93. The molecular weight excluding hydrogens is 445 g/mol. The Morgan fingerprint density at radius 3 is 2.88 bits per heavy atom. The molecule has 0 bridgehead atoms. The van der Waals surface area contributed by atoms with Gasteiger partial charge in [0, 0.05) is 34.6 Å². The fraction of sp³-hybridized carbons (Fsp3) is 0.318. The van der Waals surface area contributed by atoms with Crippen LogP contribution >= 0.6 is 11.6 Å². The normalized spacial score (nSPS) is 15.8. The van der Waals surface area contributed by atoms with Crippen molar-refractivity contribution >= 4 is 17.5 Å². The van der Waals surface area contributed by atoms with E-state index in [2.05, 4.69) is 15.4 Å². The predicted octanol–water partition coefficient (Wildman–Crippen LogP) is 5.15. The summed E-state index contributed by atoms with van der Waals surface area (Å²) in [5.74, 6) is -0.143. The molecule has 0 aliphatic heterocycles. The number of hydrogen-bond donors (Lipinski definition) is 1. The van der Waals surface area contributed by atoms with Gasteiger partial charge < -0.3 is 10.1 Å². The van der Waals surface area contributed by atoms with E-state index >= 15 is 0 Å². The molecule has 6 nitrogen and oxygen atoms in total. The average molecular weight is 465 g/mol. The average Bonchev–Trinajstić information content (AvgIpc) is 3.19. The summed E-state index contributed by atoms with van der Waals surface area (Å²) in [5, 5.41) is 7.32. The second kappa shape index (κ2) is 8.82. The van der Waals surface area contributed by atoms with Crippen LogP contribution in [0.5, 0.6) is 5.88 Å². The van der Waals surface area contributed by atoms with Crippen LogP contribution in [0.25, 0.3) is 5.69 Å². The van der Waals surface area contributed by atoms with Gasteiger partial charge in [0.1, 0.15) is 0 Å². The Hall–Kier alpha value is -3.07. The molecule has 10 heteroatoms. The summed E-state index contributed by atoms with van der Waals surface area (Å²) >= 11 is 5.82. The molecule has 0 unspecified atom stereocenters. The van der Waals surface area contributed by atoms with Gasteiger partial charge in [-0.25, -0.2) is 9.67 Å². The quantitative estimate of drug-likeness (QED) is 0.567. The molecule has 1 aliphatic carbocycles. The van der Waals surface area contributed by atoms with Gasteiger partial charge in [0.2, 0.25) is 5.88 Å². The highest BCUT2D eigenvalue weighted by Crippen LogP contribution is 2.33. The van der Waals surface area contributed by atoms with Crippen molar-refractivity contribution in [3.8, 4) is 11.6 Å². The van der Waals surface area contributed by atoms with E-state index in [9.17, 15) is 18.0 Å². The highest BCUT2D eigenvalue weighted by atomic mass is 35.5. The minimum atomic E-state index is -4.59. The summed E-state index contributed by atoms with van der Waals surface area (Å²) in [6.45, 7) is 2.35. The molecule has 168 valence electrons. The number of alkyl halides is 3. The lowest BCUT2D eigenvalue weighted by Gasteiger charge is -2.23. The third-order valence-corrected chi connectivity index (χ3v) is 5.39. The summed E-state index contributed by atoms with van der Waals surface area (Å²) in [6.07, 6.45) is 1.04. The molecule has 3 aromatic rings. The number of ether oxygens (including phenoxy) is 1. The van der Waals surface area contributed by atoms with Crippen molar-refractivity contribution in [2.24, 2.45) is 0 Å². The molecule has 0 saturated heterocycles. The molecule has 1 amide bonds. The minimum absolute atomic E-state index is 0.139. The zero-order chi connectivity index (χ0) is 22.9. The molecule has 2 aromatic heterocycles. The fourth-order valence-corrected chi connectivity index (χ4v) is 3.95. The number of halogens is 4. The lowest BCUT2D eigenvalue weighted by molar-refractivity contribution is -0.137. The first-order chi connectivity index (χ1) is 15.2. The first-order valence-corrected chi connectivity index (χ1v) is 10.5. The van der Waals surface area contributed by atoms with E-state index in [1.165, 1.54) is 6.07 Å². The van der Waals surface area contributed by atoms with Crippen molar-refractivity contribution in [1.82, 2.24) is 20.1 Å². The number of hydrogen-bond acceptors (Lipinski definition) is 4. The fourth-order valence-electron chi connectivity index (χ4n) is 3.71. The van der Waals surface area contributed by atoms with Crippen LogP contribution in [0.4, 0.5) is 13.2 Å². The van der Waals surface area contributed by atoms with Gasteiger partial charge in [0.05, 0.1) is 29.6 Å². The summed E-state index contributed by atoms with van der Waals surface area (Å²) in [5.41, 5.74) is 1.32. The topological polar surface area (TPSA) is 69.0 Å². The van der Waals surface area contributed by atoms with Crippen LogP contribution in [-0.4, -0.2) is 27.3 Å². The maximum absolute atomic E-state index is 13.1. The Kier molecular flexibility index (Phi) is 6.10. The van der Waals surface area contributed by atoms with E-state index in [-0.39, 0.29) is 16.6 Å². The maximum Gasteiger partial charge on any atom is 0.416 e. The van der Waals surface area contributed by atoms with Gasteiger partial charge in [-0.15, -0.1) is 0 Å². The highest BCUT2D eigenvalue weighted by molar-refractivity contribution is 6.31. The smallest absolute Gasteiger partial charge is 0.416 e. The molecule has 1 atom stereocenters.